The Morgan fingerprint density at radius 2 is 1.76 bits per heavy atom. The van der Waals surface area contributed by atoms with Gasteiger partial charge in [0.2, 0.25) is 17.7 Å². The number of hydrogen-bond donors (Lipinski definition) is 1. The molecule has 4 rings (SSSR count). The summed E-state index contributed by atoms with van der Waals surface area (Å²) in [5, 5.41) is 9.30. The van der Waals surface area contributed by atoms with Crippen LogP contribution in [0.3, 0.4) is 0 Å². The summed E-state index contributed by atoms with van der Waals surface area (Å²) in [6.45, 7) is 14.5. The van der Waals surface area contributed by atoms with Crippen LogP contribution >= 0.6 is 11.8 Å². The smallest absolute Gasteiger partial charge is 0.247 e. The standard InChI is InChI=1S/C33H47N3O4S/c1-5-8-21-34(19-6-2)31(40)28-33-18-17-32(4,41-33)26(27(33)30(39)36(28)22-13-10-14-23-37)29(38)35(20-7-3)24-25-15-11-9-12-16-25/h6-7,9,11-12,15-16,26-28,37H,2-3,5,8,10,13-14,17-24H2,1,4H3/t26-,27+,28?,32+,33?/m1/s1. The second-order valence-electron chi connectivity index (χ2n) is 12.0. The normalized spacial score (nSPS) is 28.0. The number of benzene rings is 1. The molecule has 3 fully saturated rings. The van der Waals surface area contributed by atoms with Gasteiger partial charge in [-0.1, -0.05) is 55.8 Å². The zero-order valence-electron chi connectivity index (χ0n) is 24.8. The van der Waals surface area contributed by atoms with E-state index in [9.17, 15) is 19.5 Å². The summed E-state index contributed by atoms with van der Waals surface area (Å²) in [5.74, 6) is -1.14. The van der Waals surface area contributed by atoms with Gasteiger partial charge in [-0.2, -0.15) is 0 Å². The van der Waals surface area contributed by atoms with Crippen molar-refractivity contribution in [2.75, 3.05) is 32.8 Å². The zero-order valence-corrected chi connectivity index (χ0v) is 25.6. The molecule has 3 amide bonds. The molecule has 3 aliphatic rings. The number of fused-ring (bicyclic) bond motifs is 1. The fraction of sp³-hybridized carbons (Fsp3) is 0.606. The molecule has 224 valence electrons. The third-order valence-corrected chi connectivity index (χ3v) is 11.1. The predicted molar refractivity (Wildman–Crippen MR) is 165 cm³/mol. The van der Waals surface area contributed by atoms with E-state index in [1.807, 2.05) is 40.1 Å². The highest BCUT2D eigenvalue weighted by molar-refractivity contribution is 8.02. The van der Waals surface area contributed by atoms with Gasteiger partial charge >= 0.3 is 0 Å². The average Bonchev–Trinajstić information content (AvgIpc) is 3.53. The molecule has 2 unspecified atom stereocenters. The average molecular weight is 582 g/mol. The van der Waals surface area contributed by atoms with Gasteiger partial charge in [0, 0.05) is 44.1 Å². The highest BCUT2D eigenvalue weighted by Gasteiger charge is 2.77. The number of unbranched alkanes of at least 4 members (excludes halogenated alkanes) is 3. The maximum absolute atomic E-state index is 14.4. The Bertz CT molecular complexity index is 1110. The summed E-state index contributed by atoms with van der Waals surface area (Å²) in [4.78, 5) is 48.7. The highest BCUT2D eigenvalue weighted by Crippen LogP contribution is 2.71. The van der Waals surface area contributed by atoms with Crippen molar-refractivity contribution in [1.82, 2.24) is 14.7 Å². The van der Waals surface area contributed by atoms with Crippen molar-refractivity contribution >= 4 is 29.5 Å². The summed E-state index contributed by atoms with van der Waals surface area (Å²) in [6.07, 6.45) is 9.05. The summed E-state index contributed by atoms with van der Waals surface area (Å²) >= 11 is 1.73. The van der Waals surface area contributed by atoms with Gasteiger partial charge in [-0.15, -0.1) is 24.9 Å². The molecule has 0 saturated carbocycles. The number of nitrogens with zero attached hydrogens (tertiary/aromatic N) is 3. The van der Waals surface area contributed by atoms with Crippen molar-refractivity contribution in [3.05, 3.63) is 61.2 Å². The highest BCUT2D eigenvalue weighted by atomic mass is 32.2. The van der Waals surface area contributed by atoms with Crippen LogP contribution in [-0.4, -0.2) is 85.8 Å². The minimum atomic E-state index is -0.627. The largest absolute Gasteiger partial charge is 0.396 e. The summed E-state index contributed by atoms with van der Waals surface area (Å²) < 4.78 is -1.04. The van der Waals surface area contributed by atoms with Crippen LogP contribution in [0.4, 0.5) is 0 Å². The Morgan fingerprint density at radius 1 is 1.05 bits per heavy atom. The first-order valence-corrected chi connectivity index (χ1v) is 16.0. The van der Waals surface area contributed by atoms with Crippen LogP contribution in [0.5, 0.6) is 0 Å². The van der Waals surface area contributed by atoms with E-state index < -0.39 is 27.4 Å². The minimum Gasteiger partial charge on any atom is -0.396 e. The van der Waals surface area contributed by atoms with Gasteiger partial charge < -0.3 is 19.8 Å². The monoisotopic (exact) mass is 581 g/mol. The lowest BCUT2D eigenvalue weighted by Gasteiger charge is -2.38. The van der Waals surface area contributed by atoms with Crippen LogP contribution in [0, 0.1) is 11.8 Å². The molecule has 3 aliphatic heterocycles. The number of carbonyl (C=O) groups excluding carboxylic acids is 3. The van der Waals surface area contributed by atoms with Crippen LogP contribution in [0.25, 0.3) is 0 Å². The molecule has 1 N–H and O–H groups in total. The number of amides is 3. The third kappa shape index (κ3) is 6.00. The lowest BCUT2D eigenvalue weighted by atomic mass is 9.66. The van der Waals surface area contributed by atoms with E-state index in [0.717, 1.165) is 37.7 Å². The Morgan fingerprint density at radius 3 is 2.41 bits per heavy atom. The molecule has 0 aliphatic carbocycles. The molecule has 3 saturated heterocycles. The Kier molecular flexibility index (Phi) is 10.4. The number of thioether (sulfide) groups is 1. The first kappa shape index (κ1) is 31.4. The maximum Gasteiger partial charge on any atom is 0.247 e. The van der Waals surface area contributed by atoms with Gasteiger partial charge in [-0.25, -0.2) is 0 Å². The second kappa shape index (κ2) is 13.6. The van der Waals surface area contributed by atoms with E-state index >= 15 is 0 Å². The number of aliphatic hydroxyl groups is 1. The van der Waals surface area contributed by atoms with Gasteiger partial charge in [-0.3, -0.25) is 14.4 Å². The quantitative estimate of drug-likeness (QED) is 0.227. The first-order chi connectivity index (χ1) is 19.8. The van der Waals surface area contributed by atoms with Crippen molar-refractivity contribution in [3.63, 3.8) is 0 Å². The molecule has 5 atom stereocenters. The van der Waals surface area contributed by atoms with E-state index in [0.29, 0.717) is 45.6 Å². The summed E-state index contributed by atoms with van der Waals surface area (Å²) in [6, 6.07) is 9.31. The van der Waals surface area contributed by atoms with Gasteiger partial charge in [0.1, 0.15) is 6.04 Å². The molecule has 3 heterocycles. The third-order valence-electron chi connectivity index (χ3n) is 9.15. The van der Waals surface area contributed by atoms with E-state index in [1.54, 1.807) is 28.8 Å². The molecule has 1 spiro atoms. The zero-order chi connectivity index (χ0) is 29.6. The number of rotatable bonds is 16. The molecule has 41 heavy (non-hydrogen) atoms. The van der Waals surface area contributed by atoms with Crippen LogP contribution in [-0.2, 0) is 20.9 Å². The Balaban J connectivity index is 1.71. The molecule has 2 bridgehead atoms. The molecular formula is C33H47N3O4S. The number of carbonyl (C=O) groups is 3. The topological polar surface area (TPSA) is 81.2 Å². The minimum absolute atomic E-state index is 0.0200. The molecule has 0 radical (unpaired) electrons. The van der Waals surface area contributed by atoms with E-state index in [4.69, 9.17) is 0 Å². The summed E-state index contributed by atoms with van der Waals surface area (Å²) in [7, 11) is 0. The number of aliphatic hydroxyl groups excluding tert-OH is 1. The fourth-order valence-corrected chi connectivity index (χ4v) is 9.59. The van der Waals surface area contributed by atoms with Gasteiger partial charge in [0.25, 0.3) is 0 Å². The van der Waals surface area contributed by atoms with E-state index in [-0.39, 0.29) is 24.3 Å². The van der Waals surface area contributed by atoms with Crippen LogP contribution < -0.4 is 0 Å². The van der Waals surface area contributed by atoms with Crippen LogP contribution in [0.1, 0.15) is 64.4 Å². The lowest BCUT2D eigenvalue weighted by molar-refractivity contribution is -0.146. The molecule has 7 nitrogen and oxygen atoms in total. The fourth-order valence-electron chi connectivity index (χ4n) is 7.25. The SMILES string of the molecule is C=CCN(CCCC)C(=O)C1N(CCCCCO)C(=O)[C@@H]2[C@H](C(=O)N(CC=C)Cc3ccccc3)[C@]3(C)CCC12S3. The van der Waals surface area contributed by atoms with Crippen molar-refractivity contribution in [2.24, 2.45) is 11.8 Å². The van der Waals surface area contributed by atoms with Gasteiger partial charge in [0.15, 0.2) is 0 Å². The van der Waals surface area contributed by atoms with E-state index in [2.05, 4.69) is 27.0 Å². The van der Waals surface area contributed by atoms with Crippen molar-refractivity contribution in [3.8, 4) is 0 Å². The van der Waals surface area contributed by atoms with Crippen LogP contribution in [0.15, 0.2) is 55.6 Å². The van der Waals surface area contributed by atoms with E-state index in [1.165, 1.54) is 0 Å². The molecule has 1 aromatic rings. The predicted octanol–water partition coefficient (Wildman–Crippen LogP) is 4.66. The molecule has 8 heteroatoms. The first-order valence-electron chi connectivity index (χ1n) is 15.2. The number of likely N-dealkylation sites (tertiary alicyclic amines) is 1. The molecule has 1 aromatic carbocycles. The Labute approximate surface area is 250 Å². The molecular weight excluding hydrogens is 534 g/mol. The van der Waals surface area contributed by atoms with Crippen molar-refractivity contribution in [1.29, 1.82) is 0 Å². The van der Waals surface area contributed by atoms with Crippen molar-refractivity contribution < 1.29 is 19.5 Å². The summed E-state index contributed by atoms with van der Waals surface area (Å²) in [5.41, 5.74) is 1.03. The van der Waals surface area contributed by atoms with Gasteiger partial charge in [0.05, 0.1) is 16.6 Å². The van der Waals surface area contributed by atoms with Gasteiger partial charge in [-0.05, 0) is 51.0 Å². The molecule has 0 aromatic heterocycles. The lowest BCUT2D eigenvalue weighted by Crippen LogP contribution is -2.55. The van der Waals surface area contributed by atoms with Crippen LogP contribution in [0.2, 0.25) is 0 Å². The maximum atomic E-state index is 14.4. The second-order valence-corrected chi connectivity index (χ2v) is 13.9. The van der Waals surface area contributed by atoms with Crippen molar-refractivity contribution in [2.45, 2.75) is 80.9 Å². The Hall–Kier alpha value is -2.58. The number of hydrogen-bond acceptors (Lipinski definition) is 5.